The topological polar surface area (TPSA) is 59.3 Å². The molecule has 114 valence electrons. The predicted octanol–water partition coefficient (Wildman–Crippen LogP) is 4.15. The molecule has 1 amide bonds. The minimum absolute atomic E-state index is 0.0951. The minimum Gasteiger partial charge on any atom is -0.450 e. The van der Waals surface area contributed by atoms with Crippen LogP contribution in [-0.2, 0) is 0 Å². The molecule has 0 bridgehead atoms. The van der Waals surface area contributed by atoms with Crippen molar-refractivity contribution in [3.05, 3.63) is 78.5 Å². The molecule has 1 aliphatic heterocycles. The molecule has 4 rings (SSSR count). The Balaban J connectivity index is 1.99. The number of carbonyl (C=O) groups excluding carboxylic acids is 1. The highest BCUT2D eigenvalue weighted by Gasteiger charge is 2.35. The van der Waals surface area contributed by atoms with E-state index >= 15 is 0 Å². The summed E-state index contributed by atoms with van der Waals surface area (Å²) in [6, 6.07) is 12.2. The fourth-order valence-corrected chi connectivity index (χ4v) is 3.41. The zero-order valence-electron chi connectivity index (χ0n) is 11.6. The number of nitrogens with one attached hydrogen (secondary N) is 1. The average Bonchev–Trinajstić information content (AvgIpc) is 2.86. The van der Waals surface area contributed by atoms with Gasteiger partial charge in [-0.05, 0) is 35.9 Å². The Bertz CT molecular complexity index is 1010. The van der Waals surface area contributed by atoms with Crippen LogP contribution in [0.4, 0.5) is 0 Å². The van der Waals surface area contributed by atoms with Crippen LogP contribution >= 0.6 is 31.9 Å². The highest BCUT2D eigenvalue weighted by atomic mass is 79.9. The van der Waals surface area contributed by atoms with E-state index in [1.54, 1.807) is 18.2 Å². The van der Waals surface area contributed by atoms with Gasteiger partial charge in [0.25, 0.3) is 5.91 Å². The molecule has 1 unspecified atom stereocenters. The van der Waals surface area contributed by atoms with Gasteiger partial charge in [0.1, 0.15) is 5.58 Å². The van der Waals surface area contributed by atoms with E-state index in [0.717, 1.165) is 14.5 Å². The van der Waals surface area contributed by atoms with Gasteiger partial charge in [0.05, 0.1) is 17.0 Å². The summed E-state index contributed by atoms with van der Waals surface area (Å²) in [5.41, 5.74) is 1.42. The van der Waals surface area contributed by atoms with Crippen molar-refractivity contribution < 1.29 is 9.21 Å². The molecule has 2 aromatic carbocycles. The Hall–Kier alpha value is -1.92. The van der Waals surface area contributed by atoms with Crippen LogP contribution in [0.2, 0.25) is 0 Å². The van der Waals surface area contributed by atoms with Crippen LogP contribution in [-0.4, -0.2) is 5.91 Å². The van der Waals surface area contributed by atoms with Crippen LogP contribution in [0.3, 0.4) is 0 Å². The molecule has 0 spiro atoms. The first-order valence-corrected chi connectivity index (χ1v) is 8.46. The zero-order valence-corrected chi connectivity index (χ0v) is 14.8. The third-order valence-corrected chi connectivity index (χ3v) is 4.88. The summed E-state index contributed by atoms with van der Waals surface area (Å²) in [6.07, 6.45) is 0. The van der Waals surface area contributed by atoms with Gasteiger partial charge in [-0.25, -0.2) is 0 Å². The van der Waals surface area contributed by atoms with Gasteiger partial charge >= 0.3 is 0 Å². The van der Waals surface area contributed by atoms with Crippen molar-refractivity contribution in [1.29, 1.82) is 0 Å². The van der Waals surface area contributed by atoms with Crippen LogP contribution in [0, 0.1) is 0 Å². The molecule has 0 aliphatic carbocycles. The van der Waals surface area contributed by atoms with Crippen molar-refractivity contribution in [3.63, 3.8) is 0 Å². The first-order valence-electron chi connectivity index (χ1n) is 6.87. The van der Waals surface area contributed by atoms with E-state index in [-0.39, 0.29) is 17.1 Å². The Labute approximate surface area is 147 Å². The fourth-order valence-electron chi connectivity index (χ4n) is 2.79. The molecule has 0 saturated heterocycles. The monoisotopic (exact) mass is 433 g/mol. The second kappa shape index (κ2) is 5.32. The summed E-state index contributed by atoms with van der Waals surface area (Å²) < 4.78 is 7.40. The maximum absolute atomic E-state index is 12.9. The van der Waals surface area contributed by atoms with Crippen molar-refractivity contribution in [2.24, 2.45) is 0 Å². The van der Waals surface area contributed by atoms with E-state index in [9.17, 15) is 9.59 Å². The highest BCUT2D eigenvalue weighted by molar-refractivity contribution is 9.10. The molecule has 0 fully saturated rings. The van der Waals surface area contributed by atoms with E-state index < -0.39 is 6.04 Å². The quantitative estimate of drug-likeness (QED) is 0.625. The van der Waals surface area contributed by atoms with Gasteiger partial charge in [-0.3, -0.25) is 9.59 Å². The van der Waals surface area contributed by atoms with Crippen molar-refractivity contribution in [2.45, 2.75) is 6.04 Å². The van der Waals surface area contributed by atoms with Crippen molar-refractivity contribution in [1.82, 2.24) is 5.32 Å². The van der Waals surface area contributed by atoms with E-state index in [0.29, 0.717) is 16.5 Å². The molecule has 1 N–H and O–H groups in total. The van der Waals surface area contributed by atoms with Crippen LogP contribution in [0.15, 0.2) is 60.6 Å². The van der Waals surface area contributed by atoms with Gasteiger partial charge in [0.2, 0.25) is 5.76 Å². The minimum atomic E-state index is -0.495. The molecule has 0 radical (unpaired) electrons. The fraction of sp³-hybridized carbons (Fsp3) is 0.0588. The van der Waals surface area contributed by atoms with Crippen LogP contribution < -0.4 is 10.7 Å². The third-order valence-electron chi connectivity index (χ3n) is 3.86. The van der Waals surface area contributed by atoms with Gasteiger partial charge in [-0.15, -0.1) is 0 Å². The third kappa shape index (κ3) is 2.33. The lowest BCUT2D eigenvalue weighted by Crippen LogP contribution is -2.21. The van der Waals surface area contributed by atoms with Gasteiger partial charge in [0.15, 0.2) is 5.43 Å². The highest BCUT2D eigenvalue weighted by Crippen LogP contribution is 2.32. The Morgan fingerprint density at radius 1 is 0.957 bits per heavy atom. The number of carbonyl (C=O) groups is 1. The Kier molecular flexibility index (Phi) is 3.39. The predicted molar refractivity (Wildman–Crippen MR) is 93.6 cm³/mol. The van der Waals surface area contributed by atoms with Crippen molar-refractivity contribution >= 4 is 48.7 Å². The molecule has 0 saturated carbocycles. The number of hydrogen-bond donors (Lipinski definition) is 1. The van der Waals surface area contributed by atoms with Gasteiger partial charge in [0, 0.05) is 8.95 Å². The van der Waals surface area contributed by atoms with E-state index in [4.69, 9.17) is 4.42 Å². The van der Waals surface area contributed by atoms with Gasteiger partial charge in [-0.2, -0.15) is 0 Å². The second-order valence-electron chi connectivity index (χ2n) is 5.27. The summed E-state index contributed by atoms with van der Waals surface area (Å²) in [5, 5.41) is 3.28. The lowest BCUT2D eigenvalue weighted by atomic mass is 9.99. The molecule has 23 heavy (non-hydrogen) atoms. The SMILES string of the molecule is O=C1NC(c2ccc(Br)cc2)c2c1oc1ccc(Br)cc1c2=O. The number of benzene rings is 2. The molecule has 1 atom stereocenters. The number of halogens is 2. The van der Waals surface area contributed by atoms with E-state index in [1.165, 1.54) is 0 Å². The zero-order chi connectivity index (χ0) is 16.1. The molecule has 4 nitrogen and oxygen atoms in total. The van der Waals surface area contributed by atoms with E-state index in [2.05, 4.69) is 37.2 Å². The smallest absolute Gasteiger partial charge is 0.288 e. The maximum Gasteiger partial charge on any atom is 0.288 e. The average molecular weight is 435 g/mol. The van der Waals surface area contributed by atoms with Gasteiger partial charge < -0.3 is 9.73 Å². The summed E-state index contributed by atoms with van der Waals surface area (Å²) in [5.74, 6) is -0.271. The number of fused-ring (bicyclic) bond motifs is 2. The molecule has 2 heterocycles. The number of amides is 1. The van der Waals surface area contributed by atoms with Crippen LogP contribution in [0.1, 0.15) is 27.7 Å². The Morgan fingerprint density at radius 2 is 1.65 bits per heavy atom. The maximum atomic E-state index is 12.9. The Morgan fingerprint density at radius 3 is 2.39 bits per heavy atom. The summed E-state index contributed by atoms with van der Waals surface area (Å²) in [7, 11) is 0. The molecule has 1 aliphatic rings. The normalized spacial score (nSPS) is 16.4. The number of rotatable bonds is 1. The first kappa shape index (κ1) is 14.7. The molecule has 1 aromatic heterocycles. The largest absolute Gasteiger partial charge is 0.450 e. The lowest BCUT2D eigenvalue weighted by molar-refractivity contribution is 0.0938. The van der Waals surface area contributed by atoms with Gasteiger partial charge in [-0.1, -0.05) is 44.0 Å². The number of hydrogen-bond acceptors (Lipinski definition) is 3. The second-order valence-corrected chi connectivity index (χ2v) is 7.10. The molecule has 6 heteroatoms. The van der Waals surface area contributed by atoms with Crippen molar-refractivity contribution in [3.8, 4) is 0 Å². The first-order chi connectivity index (χ1) is 11.0. The summed E-state index contributed by atoms with van der Waals surface area (Å²) >= 11 is 6.74. The van der Waals surface area contributed by atoms with Crippen LogP contribution in [0.5, 0.6) is 0 Å². The molecular weight excluding hydrogens is 426 g/mol. The molecular formula is C17H9Br2NO3. The lowest BCUT2D eigenvalue weighted by Gasteiger charge is -2.11. The van der Waals surface area contributed by atoms with E-state index in [1.807, 2.05) is 24.3 Å². The van der Waals surface area contributed by atoms with Crippen LogP contribution in [0.25, 0.3) is 11.0 Å². The summed E-state index contributed by atoms with van der Waals surface area (Å²) in [4.78, 5) is 25.1. The van der Waals surface area contributed by atoms with Crippen molar-refractivity contribution in [2.75, 3.05) is 0 Å². The molecule has 3 aromatic rings. The standard InChI is InChI=1S/C17H9Br2NO3/c18-9-3-1-8(2-4-9)14-13-15(21)11-7-10(19)5-6-12(11)23-16(13)17(22)20-14/h1-7,14H,(H,20,22). The summed E-state index contributed by atoms with van der Waals surface area (Å²) in [6.45, 7) is 0.